The van der Waals surface area contributed by atoms with Crippen LogP contribution in [0.15, 0.2) is 83.0 Å². The standard InChI is InChI=1S/C24H17BrN2O5/c25-19-12-16(8-11-21(19)32-14-15-6-9-17(10-7-15)23(29)30)13-20-22(28)27(24(31)26-20)18-4-2-1-3-5-18/h1-13H,14H2,(H,26,31)(H,29,30)/b20-13+. The maximum Gasteiger partial charge on any atom is 0.335 e. The van der Waals surface area contributed by atoms with Gasteiger partial charge in [0, 0.05) is 0 Å². The fourth-order valence-electron chi connectivity index (χ4n) is 3.14. The molecule has 2 N–H and O–H groups in total. The SMILES string of the molecule is O=C(O)c1ccc(COc2ccc(/C=C3/NC(=O)N(c4ccccc4)C3=O)cc2Br)cc1. The number of nitrogens with one attached hydrogen (secondary N) is 1. The van der Waals surface area contributed by atoms with Gasteiger partial charge in [0.25, 0.3) is 5.91 Å². The summed E-state index contributed by atoms with van der Waals surface area (Å²) < 4.78 is 6.47. The third-order valence-corrected chi connectivity index (χ3v) is 5.37. The summed E-state index contributed by atoms with van der Waals surface area (Å²) in [4.78, 5) is 37.0. The number of aromatic carboxylic acids is 1. The van der Waals surface area contributed by atoms with E-state index in [9.17, 15) is 14.4 Å². The van der Waals surface area contributed by atoms with Crippen molar-refractivity contribution in [3.8, 4) is 5.75 Å². The van der Waals surface area contributed by atoms with Crippen LogP contribution in [0.3, 0.4) is 0 Å². The summed E-state index contributed by atoms with van der Waals surface area (Å²) in [6.07, 6.45) is 1.60. The lowest BCUT2D eigenvalue weighted by molar-refractivity contribution is -0.113. The van der Waals surface area contributed by atoms with E-state index in [4.69, 9.17) is 9.84 Å². The number of rotatable bonds is 6. The van der Waals surface area contributed by atoms with E-state index in [1.807, 2.05) is 6.07 Å². The molecule has 1 heterocycles. The van der Waals surface area contributed by atoms with Crippen LogP contribution >= 0.6 is 15.9 Å². The molecule has 4 rings (SSSR count). The summed E-state index contributed by atoms with van der Waals surface area (Å²) in [6, 6.07) is 20.0. The Kier molecular flexibility index (Phi) is 6.04. The second-order valence-electron chi connectivity index (χ2n) is 6.94. The van der Waals surface area contributed by atoms with Gasteiger partial charge in [-0.1, -0.05) is 36.4 Å². The molecule has 8 heteroatoms. The van der Waals surface area contributed by atoms with Gasteiger partial charge < -0.3 is 15.2 Å². The summed E-state index contributed by atoms with van der Waals surface area (Å²) in [7, 11) is 0. The molecular formula is C24H17BrN2O5. The van der Waals surface area contributed by atoms with Crippen LogP contribution in [0.4, 0.5) is 10.5 Å². The van der Waals surface area contributed by atoms with Gasteiger partial charge in [0.15, 0.2) is 0 Å². The smallest absolute Gasteiger partial charge is 0.335 e. The Morgan fingerprint density at radius 1 is 1.03 bits per heavy atom. The predicted octanol–water partition coefficient (Wildman–Crippen LogP) is 4.82. The number of carbonyl (C=O) groups is 3. The fourth-order valence-corrected chi connectivity index (χ4v) is 3.65. The van der Waals surface area contributed by atoms with Crippen molar-refractivity contribution in [2.24, 2.45) is 0 Å². The van der Waals surface area contributed by atoms with Crippen LogP contribution in [0.5, 0.6) is 5.75 Å². The largest absolute Gasteiger partial charge is 0.488 e. The van der Waals surface area contributed by atoms with Crippen LogP contribution in [0.25, 0.3) is 6.08 Å². The fraction of sp³-hybridized carbons (Fsp3) is 0.0417. The molecule has 0 bridgehead atoms. The summed E-state index contributed by atoms with van der Waals surface area (Å²) in [6.45, 7) is 0.263. The Bertz CT molecular complexity index is 1220. The van der Waals surface area contributed by atoms with Crippen molar-refractivity contribution in [3.05, 3.63) is 99.7 Å². The molecule has 3 aromatic rings. The highest BCUT2D eigenvalue weighted by molar-refractivity contribution is 9.10. The van der Waals surface area contributed by atoms with Gasteiger partial charge >= 0.3 is 12.0 Å². The number of urea groups is 1. The van der Waals surface area contributed by atoms with E-state index in [2.05, 4.69) is 21.2 Å². The molecule has 0 atom stereocenters. The van der Waals surface area contributed by atoms with Crippen LogP contribution in [0.2, 0.25) is 0 Å². The zero-order chi connectivity index (χ0) is 22.7. The zero-order valence-electron chi connectivity index (χ0n) is 16.6. The normalized spacial score (nSPS) is 14.5. The van der Waals surface area contributed by atoms with Crippen molar-refractivity contribution in [2.75, 3.05) is 4.90 Å². The number of hydrogen-bond donors (Lipinski definition) is 2. The number of carboxylic acid groups (broad SMARTS) is 1. The van der Waals surface area contributed by atoms with Crippen molar-refractivity contribution in [3.63, 3.8) is 0 Å². The van der Waals surface area contributed by atoms with Crippen molar-refractivity contribution in [1.82, 2.24) is 5.32 Å². The molecule has 1 saturated heterocycles. The number of carboxylic acids is 1. The number of hydrogen-bond acceptors (Lipinski definition) is 4. The van der Waals surface area contributed by atoms with Gasteiger partial charge in [-0.2, -0.15) is 0 Å². The van der Waals surface area contributed by atoms with Gasteiger partial charge in [0.05, 0.1) is 15.7 Å². The summed E-state index contributed by atoms with van der Waals surface area (Å²) >= 11 is 3.46. The number of amides is 3. The Morgan fingerprint density at radius 3 is 2.41 bits per heavy atom. The molecule has 0 spiro atoms. The van der Waals surface area contributed by atoms with Crippen LogP contribution in [-0.4, -0.2) is 23.0 Å². The lowest BCUT2D eigenvalue weighted by Crippen LogP contribution is -2.30. The highest BCUT2D eigenvalue weighted by Gasteiger charge is 2.34. The van der Waals surface area contributed by atoms with Gasteiger partial charge in [-0.25, -0.2) is 14.5 Å². The Hall–Kier alpha value is -3.91. The van der Waals surface area contributed by atoms with Crippen LogP contribution in [0.1, 0.15) is 21.5 Å². The maximum absolute atomic E-state index is 12.7. The Balaban J connectivity index is 1.46. The number of halogens is 1. The number of imide groups is 1. The Labute approximate surface area is 192 Å². The molecule has 3 amide bonds. The molecule has 7 nitrogen and oxygen atoms in total. The van der Waals surface area contributed by atoms with E-state index in [1.54, 1.807) is 60.7 Å². The molecule has 1 aliphatic rings. The minimum atomic E-state index is -0.978. The highest BCUT2D eigenvalue weighted by Crippen LogP contribution is 2.29. The lowest BCUT2D eigenvalue weighted by Gasteiger charge is -2.11. The van der Waals surface area contributed by atoms with Gasteiger partial charge in [-0.05, 0) is 69.5 Å². The first-order chi connectivity index (χ1) is 15.4. The molecule has 0 saturated carbocycles. The molecule has 0 aliphatic carbocycles. The van der Waals surface area contributed by atoms with Crippen molar-refractivity contribution < 1.29 is 24.2 Å². The molecule has 0 radical (unpaired) electrons. The van der Waals surface area contributed by atoms with Crippen LogP contribution in [-0.2, 0) is 11.4 Å². The van der Waals surface area contributed by atoms with Crippen LogP contribution in [0, 0.1) is 0 Å². The van der Waals surface area contributed by atoms with E-state index in [0.717, 1.165) is 10.5 Å². The number of anilines is 1. The van der Waals surface area contributed by atoms with E-state index in [0.29, 0.717) is 21.5 Å². The molecule has 1 aliphatic heterocycles. The van der Waals surface area contributed by atoms with Gasteiger partial charge in [0.2, 0.25) is 0 Å². The third kappa shape index (κ3) is 4.55. The summed E-state index contributed by atoms with van der Waals surface area (Å²) in [5, 5.41) is 11.6. The third-order valence-electron chi connectivity index (χ3n) is 4.75. The number of nitrogens with zero attached hydrogens (tertiary/aromatic N) is 1. The molecule has 1 fully saturated rings. The topological polar surface area (TPSA) is 95.9 Å². The maximum atomic E-state index is 12.7. The highest BCUT2D eigenvalue weighted by atomic mass is 79.9. The number of ether oxygens (including phenoxy) is 1. The zero-order valence-corrected chi connectivity index (χ0v) is 18.2. The Morgan fingerprint density at radius 2 is 1.75 bits per heavy atom. The second kappa shape index (κ2) is 9.07. The molecular weight excluding hydrogens is 476 g/mol. The number of benzene rings is 3. The van der Waals surface area contributed by atoms with Crippen molar-refractivity contribution in [2.45, 2.75) is 6.61 Å². The summed E-state index contributed by atoms with van der Waals surface area (Å²) in [5.74, 6) is -0.821. The van der Waals surface area contributed by atoms with Gasteiger partial charge in [-0.15, -0.1) is 0 Å². The average Bonchev–Trinajstić information content (AvgIpc) is 3.06. The van der Waals surface area contributed by atoms with E-state index >= 15 is 0 Å². The molecule has 0 aromatic heterocycles. The monoisotopic (exact) mass is 492 g/mol. The van der Waals surface area contributed by atoms with Crippen LogP contribution < -0.4 is 15.0 Å². The van der Waals surface area contributed by atoms with Gasteiger partial charge in [-0.3, -0.25) is 4.79 Å². The first kappa shape index (κ1) is 21.3. The molecule has 32 heavy (non-hydrogen) atoms. The van der Waals surface area contributed by atoms with E-state index < -0.39 is 17.9 Å². The lowest BCUT2D eigenvalue weighted by atomic mass is 10.1. The minimum absolute atomic E-state index is 0.179. The molecule has 3 aromatic carbocycles. The quantitative estimate of drug-likeness (QED) is 0.379. The minimum Gasteiger partial charge on any atom is -0.488 e. The average molecular weight is 493 g/mol. The number of para-hydroxylation sites is 1. The second-order valence-corrected chi connectivity index (χ2v) is 7.80. The number of carbonyl (C=O) groups excluding carboxylic acids is 2. The van der Waals surface area contributed by atoms with E-state index in [-0.39, 0.29) is 17.9 Å². The first-order valence-electron chi connectivity index (χ1n) is 9.59. The van der Waals surface area contributed by atoms with Crippen molar-refractivity contribution >= 4 is 45.6 Å². The van der Waals surface area contributed by atoms with Crippen molar-refractivity contribution in [1.29, 1.82) is 0 Å². The van der Waals surface area contributed by atoms with E-state index in [1.165, 1.54) is 12.1 Å². The predicted molar refractivity (Wildman–Crippen MR) is 122 cm³/mol. The summed E-state index contributed by atoms with van der Waals surface area (Å²) in [5.41, 5.74) is 2.42. The van der Waals surface area contributed by atoms with Gasteiger partial charge in [0.1, 0.15) is 18.1 Å². The first-order valence-corrected chi connectivity index (χ1v) is 10.4. The molecule has 0 unspecified atom stereocenters. The molecule has 160 valence electrons.